The van der Waals surface area contributed by atoms with Crippen molar-refractivity contribution in [3.63, 3.8) is 0 Å². The van der Waals surface area contributed by atoms with Gasteiger partial charge in [0.15, 0.2) is 0 Å². The molecule has 6 heteroatoms. The van der Waals surface area contributed by atoms with E-state index in [-0.39, 0.29) is 4.90 Å². The van der Waals surface area contributed by atoms with E-state index < -0.39 is 15.6 Å². The van der Waals surface area contributed by atoms with E-state index in [9.17, 15) is 8.42 Å². The first-order valence-corrected chi connectivity index (χ1v) is 7.48. The number of ether oxygens (including phenoxy) is 1. The maximum absolute atomic E-state index is 12.2. The summed E-state index contributed by atoms with van der Waals surface area (Å²) in [5.41, 5.74) is -0.565. The largest absolute Gasteiger partial charge is 0.492 e. The first-order chi connectivity index (χ1) is 8.15. The molecule has 0 bridgehead atoms. The Morgan fingerprint density at radius 3 is 2.44 bits per heavy atom. The minimum absolute atomic E-state index is 0.0618. The molecule has 0 unspecified atom stereocenters. The van der Waals surface area contributed by atoms with Gasteiger partial charge in [-0.2, -0.15) is 0 Å². The first-order valence-electron chi connectivity index (χ1n) is 5.62. The number of halogens is 1. The molecule has 1 rings (SSSR count). The van der Waals surface area contributed by atoms with Crippen molar-refractivity contribution < 1.29 is 13.2 Å². The summed E-state index contributed by atoms with van der Waals surface area (Å²) in [6, 6.07) is 4.55. The van der Waals surface area contributed by atoms with Crippen molar-refractivity contribution in [2.24, 2.45) is 0 Å². The lowest BCUT2D eigenvalue weighted by Crippen LogP contribution is -2.40. The van der Waals surface area contributed by atoms with E-state index in [0.717, 1.165) is 0 Å². The van der Waals surface area contributed by atoms with Crippen molar-refractivity contribution in [1.29, 1.82) is 0 Å². The highest BCUT2D eigenvalue weighted by Gasteiger charge is 2.25. The van der Waals surface area contributed by atoms with Crippen LogP contribution < -0.4 is 9.46 Å². The summed E-state index contributed by atoms with van der Waals surface area (Å²) in [5.74, 6) is 0.304. The van der Waals surface area contributed by atoms with Crippen molar-refractivity contribution in [2.45, 2.75) is 38.1 Å². The predicted octanol–water partition coefficient (Wildman–Crippen LogP) is 2.82. The Bertz CT molecular complexity index is 521. The number of nitrogens with one attached hydrogen (secondary N) is 1. The maximum atomic E-state index is 12.2. The van der Waals surface area contributed by atoms with Gasteiger partial charge in [-0.05, 0) is 45.9 Å². The molecule has 4 nitrogen and oxygen atoms in total. The molecule has 1 N–H and O–H groups in total. The van der Waals surface area contributed by atoms with Gasteiger partial charge < -0.3 is 4.74 Å². The lowest BCUT2D eigenvalue weighted by atomic mass is 10.1. The van der Waals surface area contributed by atoms with Crippen molar-refractivity contribution in [1.82, 2.24) is 4.72 Å². The zero-order valence-corrected chi connectivity index (χ0v) is 12.5. The lowest BCUT2D eigenvalue weighted by Gasteiger charge is -2.21. The fourth-order valence-corrected chi connectivity index (χ4v) is 3.25. The van der Waals surface area contributed by atoms with Crippen LogP contribution in [0.5, 0.6) is 5.75 Å². The monoisotopic (exact) mass is 291 g/mol. The second kappa shape index (κ2) is 5.47. The smallest absolute Gasteiger partial charge is 0.244 e. The van der Waals surface area contributed by atoms with Crippen molar-refractivity contribution in [3.8, 4) is 5.75 Å². The van der Waals surface area contributed by atoms with Crippen LogP contribution >= 0.6 is 11.6 Å². The van der Waals surface area contributed by atoms with Crippen molar-refractivity contribution in [2.75, 3.05) is 6.61 Å². The molecule has 0 heterocycles. The Labute approximate surface area is 113 Å². The molecule has 0 aromatic heterocycles. The average Bonchev–Trinajstić information content (AvgIpc) is 2.17. The highest BCUT2D eigenvalue weighted by Crippen LogP contribution is 2.28. The molecule has 1 aromatic carbocycles. The molecule has 0 spiro atoms. The molecular formula is C12H18ClNO3S. The molecule has 0 saturated carbocycles. The van der Waals surface area contributed by atoms with Crippen molar-refractivity contribution in [3.05, 3.63) is 23.2 Å². The standard InChI is InChI=1S/C12H18ClNO3S/c1-5-17-10-7-6-9(13)8-11(10)18(15,16)14-12(2,3)4/h6-8,14H,5H2,1-4H3. The molecule has 0 aliphatic rings. The molecule has 0 radical (unpaired) electrons. The maximum Gasteiger partial charge on any atom is 0.244 e. The van der Waals surface area contributed by atoms with Gasteiger partial charge in [0, 0.05) is 10.6 Å². The van der Waals surface area contributed by atoms with Crippen LogP contribution in [0.4, 0.5) is 0 Å². The fourth-order valence-electron chi connectivity index (χ4n) is 1.42. The first kappa shape index (κ1) is 15.3. The van der Waals surface area contributed by atoms with Crippen molar-refractivity contribution >= 4 is 21.6 Å². The van der Waals surface area contributed by atoms with E-state index >= 15 is 0 Å². The van der Waals surface area contributed by atoms with Gasteiger partial charge in [-0.1, -0.05) is 11.6 Å². The van der Waals surface area contributed by atoms with Gasteiger partial charge in [-0.15, -0.1) is 0 Å². The van der Waals surface area contributed by atoms with E-state index in [4.69, 9.17) is 16.3 Å². The van der Waals surface area contributed by atoms with Crippen LogP contribution in [-0.4, -0.2) is 20.6 Å². The molecule has 0 atom stereocenters. The number of benzene rings is 1. The van der Waals surface area contributed by atoms with Crippen LogP contribution in [0.2, 0.25) is 5.02 Å². The molecule has 1 aromatic rings. The summed E-state index contributed by atoms with van der Waals surface area (Å²) in [6.45, 7) is 7.50. The van der Waals surface area contributed by atoms with E-state index in [0.29, 0.717) is 17.4 Å². The summed E-state index contributed by atoms with van der Waals surface area (Å²) in [4.78, 5) is 0.0618. The van der Waals surface area contributed by atoms with Crippen LogP contribution in [0.25, 0.3) is 0 Å². The van der Waals surface area contributed by atoms with Gasteiger partial charge in [0.05, 0.1) is 6.61 Å². The van der Waals surface area contributed by atoms with Gasteiger partial charge in [0.2, 0.25) is 10.0 Å². The Morgan fingerprint density at radius 2 is 1.94 bits per heavy atom. The van der Waals surface area contributed by atoms with E-state index in [1.165, 1.54) is 6.07 Å². The molecule has 0 fully saturated rings. The van der Waals surface area contributed by atoms with Gasteiger partial charge in [-0.3, -0.25) is 0 Å². The highest BCUT2D eigenvalue weighted by atomic mass is 35.5. The van der Waals surface area contributed by atoms with Crippen LogP contribution in [0, 0.1) is 0 Å². The van der Waals surface area contributed by atoms with Gasteiger partial charge in [-0.25, -0.2) is 13.1 Å². The summed E-state index contributed by atoms with van der Waals surface area (Å²) in [6.07, 6.45) is 0. The van der Waals surface area contributed by atoms with Crippen LogP contribution in [0.1, 0.15) is 27.7 Å². The van der Waals surface area contributed by atoms with E-state index in [1.54, 1.807) is 39.8 Å². The van der Waals surface area contributed by atoms with E-state index in [1.807, 2.05) is 0 Å². The minimum atomic E-state index is -3.65. The highest BCUT2D eigenvalue weighted by molar-refractivity contribution is 7.89. The second-order valence-corrected chi connectivity index (χ2v) is 6.97. The van der Waals surface area contributed by atoms with E-state index in [2.05, 4.69) is 4.72 Å². The normalized spacial score (nSPS) is 12.5. The molecule has 102 valence electrons. The second-order valence-electron chi connectivity index (χ2n) is 4.88. The Hall–Kier alpha value is -0.780. The Kier molecular flexibility index (Phi) is 4.64. The quantitative estimate of drug-likeness (QED) is 0.928. The Morgan fingerprint density at radius 1 is 1.33 bits per heavy atom. The third-order valence-corrected chi connectivity index (χ3v) is 3.95. The third kappa shape index (κ3) is 4.15. The van der Waals surface area contributed by atoms with Gasteiger partial charge in [0.25, 0.3) is 0 Å². The fraction of sp³-hybridized carbons (Fsp3) is 0.500. The molecule has 0 aliphatic carbocycles. The molecular weight excluding hydrogens is 274 g/mol. The Balaban J connectivity index is 3.26. The number of hydrogen-bond acceptors (Lipinski definition) is 3. The molecule has 18 heavy (non-hydrogen) atoms. The van der Waals surface area contributed by atoms with Crippen LogP contribution in [0.15, 0.2) is 23.1 Å². The number of sulfonamides is 1. The molecule has 0 aliphatic heterocycles. The molecule has 0 amide bonds. The zero-order chi connectivity index (χ0) is 14.0. The average molecular weight is 292 g/mol. The summed E-state index contributed by atoms with van der Waals surface area (Å²) in [5, 5.41) is 0.354. The minimum Gasteiger partial charge on any atom is -0.492 e. The summed E-state index contributed by atoms with van der Waals surface area (Å²) < 4.78 is 32.4. The van der Waals surface area contributed by atoms with Crippen LogP contribution in [-0.2, 0) is 10.0 Å². The van der Waals surface area contributed by atoms with Crippen LogP contribution in [0.3, 0.4) is 0 Å². The number of rotatable bonds is 4. The molecule has 0 saturated heterocycles. The lowest BCUT2D eigenvalue weighted by molar-refractivity contribution is 0.330. The summed E-state index contributed by atoms with van der Waals surface area (Å²) in [7, 11) is -3.65. The number of hydrogen-bond donors (Lipinski definition) is 1. The summed E-state index contributed by atoms with van der Waals surface area (Å²) >= 11 is 5.85. The van der Waals surface area contributed by atoms with Gasteiger partial charge >= 0.3 is 0 Å². The third-order valence-electron chi connectivity index (χ3n) is 1.94. The zero-order valence-electron chi connectivity index (χ0n) is 11.0. The topological polar surface area (TPSA) is 55.4 Å². The SMILES string of the molecule is CCOc1ccc(Cl)cc1S(=O)(=O)NC(C)(C)C. The predicted molar refractivity (Wildman–Crippen MR) is 72.7 cm³/mol. The van der Waals surface area contributed by atoms with Gasteiger partial charge in [0.1, 0.15) is 10.6 Å².